The van der Waals surface area contributed by atoms with Crippen LogP contribution in [0.2, 0.25) is 0 Å². The van der Waals surface area contributed by atoms with E-state index in [1.807, 2.05) is 121 Å². The van der Waals surface area contributed by atoms with Crippen molar-refractivity contribution in [3.63, 3.8) is 0 Å². The van der Waals surface area contributed by atoms with Crippen LogP contribution in [0.15, 0.2) is 170 Å². The summed E-state index contributed by atoms with van der Waals surface area (Å²) in [6.07, 6.45) is 6.71. The summed E-state index contributed by atoms with van der Waals surface area (Å²) >= 11 is 0. The Labute approximate surface area is 384 Å². The zero-order valence-electron chi connectivity index (χ0n) is 35.3. The van der Waals surface area contributed by atoms with Gasteiger partial charge in [-0.2, -0.15) is 0 Å². The zero-order chi connectivity index (χ0) is 45.0. The number of nitrogens with zero attached hydrogens (tertiary/aromatic N) is 10. The van der Waals surface area contributed by atoms with Crippen LogP contribution in [0, 0.1) is 0 Å². The maximum atomic E-state index is 6.21. The van der Waals surface area contributed by atoms with Gasteiger partial charge in [0.2, 0.25) is 23.5 Å². The first kappa shape index (κ1) is 38.5. The molecular weight excluding hydrogens is 857 g/mol. The molecule has 0 radical (unpaired) electrons. The molecule has 7 aromatic heterocycles. The standard InChI is InChI=1S/C52H30N12O4/c1-5-21-53-41(9-1)65-29-13-17-33-37(25-29)49-57-45(33)62-50-39-27-31(67-43-11-3-7-23-55-43)15-19-35(39)47(59-50)64-52-40-28-32(68-44-12-4-8-24-56-44)16-20-36(40)48(60-52)63-51-38-26-30(66-42-10-2-6-22-54-42)14-18-34(38)46(58-51)61-49/h1-28H,(H2,57,58,59,60,61,62,63,64). The number of ether oxygens (including phenoxy) is 4. The molecule has 2 aliphatic heterocycles. The van der Waals surface area contributed by atoms with E-state index in [9.17, 15) is 0 Å². The van der Waals surface area contributed by atoms with Gasteiger partial charge in [-0.15, -0.1) is 0 Å². The molecule has 0 fully saturated rings. The molecule has 4 aromatic carbocycles. The van der Waals surface area contributed by atoms with Crippen LogP contribution >= 0.6 is 0 Å². The number of benzene rings is 4. The van der Waals surface area contributed by atoms with Gasteiger partial charge in [0.15, 0.2) is 23.3 Å². The van der Waals surface area contributed by atoms with Crippen molar-refractivity contribution in [2.45, 2.75) is 0 Å². The normalized spacial score (nSPS) is 11.5. The molecule has 0 unspecified atom stereocenters. The van der Waals surface area contributed by atoms with Crippen molar-refractivity contribution < 1.29 is 18.9 Å². The molecule has 16 nitrogen and oxygen atoms in total. The largest absolute Gasteiger partial charge is 0.439 e. The highest BCUT2D eigenvalue weighted by atomic mass is 16.5. The van der Waals surface area contributed by atoms with Crippen molar-refractivity contribution in [3.05, 3.63) is 170 Å². The molecule has 9 heterocycles. The third kappa shape index (κ3) is 7.15. The fourth-order valence-corrected chi connectivity index (χ4v) is 8.08. The molecule has 2 aliphatic rings. The van der Waals surface area contributed by atoms with E-state index in [1.54, 1.807) is 49.1 Å². The number of H-pyrrole nitrogens is 2. The smallest absolute Gasteiger partial charge is 0.219 e. The highest BCUT2D eigenvalue weighted by Crippen LogP contribution is 2.41. The molecule has 0 saturated carbocycles. The van der Waals surface area contributed by atoms with E-state index < -0.39 is 0 Å². The summed E-state index contributed by atoms with van der Waals surface area (Å²) in [7, 11) is 0. The summed E-state index contributed by atoms with van der Waals surface area (Å²) in [5.74, 6) is 5.55. The van der Waals surface area contributed by atoms with Crippen LogP contribution in [0.25, 0.3) is 89.7 Å². The zero-order valence-corrected chi connectivity index (χ0v) is 35.3. The molecule has 0 saturated heterocycles. The monoisotopic (exact) mass is 886 g/mol. The number of hydrogen-bond donors (Lipinski definition) is 2. The SMILES string of the molecule is c1ccc(Oc2ccc3c(c2)-c2nc-3nc3[nH]c(nc4nc(nc5[nH]c(n2)c2ccc(Oc6ccccn6)cc52)-c2ccc(Oc5ccccn5)cc2-4)c2ccc(Oc4ccccn4)cc32)nc1. The van der Waals surface area contributed by atoms with Crippen molar-refractivity contribution in [2.75, 3.05) is 0 Å². The van der Waals surface area contributed by atoms with Crippen LogP contribution < -0.4 is 18.9 Å². The van der Waals surface area contributed by atoms with Crippen molar-refractivity contribution in [1.82, 2.24) is 59.8 Å². The van der Waals surface area contributed by atoms with Crippen LogP contribution in [0.5, 0.6) is 46.5 Å². The molecular formula is C52H30N12O4. The summed E-state index contributed by atoms with van der Waals surface area (Å²) in [6, 6.07) is 44.7. The van der Waals surface area contributed by atoms with E-state index in [1.165, 1.54) is 0 Å². The van der Waals surface area contributed by atoms with Gasteiger partial charge in [-0.05, 0) is 97.1 Å². The first-order valence-electron chi connectivity index (χ1n) is 21.4. The van der Waals surface area contributed by atoms with E-state index in [0.29, 0.717) is 104 Å². The van der Waals surface area contributed by atoms with Gasteiger partial charge in [0.25, 0.3) is 0 Å². The van der Waals surface area contributed by atoms with Gasteiger partial charge in [0.05, 0.1) is 0 Å². The first-order chi connectivity index (χ1) is 33.6. The van der Waals surface area contributed by atoms with Gasteiger partial charge >= 0.3 is 0 Å². The van der Waals surface area contributed by atoms with Crippen LogP contribution in [0.3, 0.4) is 0 Å². The number of rotatable bonds is 8. The number of fused-ring (bicyclic) bond motifs is 20. The Kier molecular flexibility index (Phi) is 9.02. The minimum Gasteiger partial charge on any atom is -0.439 e. The second-order valence-corrected chi connectivity index (χ2v) is 15.5. The Morgan fingerprint density at radius 1 is 0.279 bits per heavy atom. The van der Waals surface area contributed by atoms with E-state index >= 15 is 0 Å². The molecule has 16 heteroatoms. The summed E-state index contributed by atoms with van der Waals surface area (Å²) < 4.78 is 24.8. The van der Waals surface area contributed by atoms with Crippen LogP contribution in [0.4, 0.5) is 0 Å². The van der Waals surface area contributed by atoms with Gasteiger partial charge in [-0.1, -0.05) is 24.3 Å². The lowest BCUT2D eigenvalue weighted by atomic mass is 10.1. The topological polar surface area (TPSA) is 197 Å². The first-order valence-corrected chi connectivity index (χ1v) is 21.4. The van der Waals surface area contributed by atoms with Crippen LogP contribution in [-0.2, 0) is 0 Å². The molecule has 68 heavy (non-hydrogen) atoms. The molecule has 8 bridgehead atoms. The molecule has 0 atom stereocenters. The van der Waals surface area contributed by atoms with Gasteiger partial charge in [-0.3, -0.25) is 0 Å². The second-order valence-electron chi connectivity index (χ2n) is 15.5. The lowest BCUT2D eigenvalue weighted by Gasteiger charge is -2.06. The number of pyridine rings is 4. The summed E-state index contributed by atoms with van der Waals surface area (Å²) in [5, 5.41) is 2.94. The van der Waals surface area contributed by atoms with E-state index in [-0.39, 0.29) is 0 Å². The van der Waals surface area contributed by atoms with Crippen molar-refractivity contribution in [1.29, 1.82) is 0 Å². The summed E-state index contributed by atoms with van der Waals surface area (Å²) in [4.78, 5) is 55.5. The lowest BCUT2D eigenvalue weighted by Crippen LogP contribution is -1.89. The maximum absolute atomic E-state index is 6.21. The Bertz CT molecular complexity index is 3670. The third-order valence-corrected chi connectivity index (χ3v) is 11.2. The molecule has 2 N–H and O–H groups in total. The number of aromatic nitrogens is 12. The Morgan fingerprint density at radius 3 is 0.956 bits per heavy atom. The fourth-order valence-electron chi connectivity index (χ4n) is 8.08. The van der Waals surface area contributed by atoms with Crippen molar-refractivity contribution in [2.24, 2.45) is 0 Å². The van der Waals surface area contributed by atoms with Gasteiger partial charge in [0, 0.05) is 92.9 Å². The van der Waals surface area contributed by atoms with Gasteiger partial charge in [-0.25, -0.2) is 49.8 Å². The maximum Gasteiger partial charge on any atom is 0.219 e. The fraction of sp³-hybridized carbons (Fsp3) is 0. The molecule has 0 spiro atoms. The Hall–Kier alpha value is -9.96. The predicted molar refractivity (Wildman–Crippen MR) is 253 cm³/mol. The third-order valence-electron chi connectivity index (χ3n) is 11.2. The Balaban J connectivity index is 1.08. The minimum atomic E-state index is 0.389. The van der Waals surface area contributed by atoms with Crippen molar-refractivity contribution in [3.8, 4) is 92.1 Å². The van der Waals surface area contributed by atoms with Gasteiger partial charge < -0.3 is 28.9 Å². The lowest BCUT2D eigenvalue weighted by molar-refractivity contribution is 0.463. The molecule has 13 rings (SSSR count). The highest BCUT2D eigenvalue weighted by Gasteiger charge is 2.24. The van der Waals surface area contributed by atoms with E-state index in [2.05, 4.69) is 29.9 Å². The van der Waals surface area contributed by atoms with Crippen LogP contribution in [0.1, 0.15) is 0 Å². The minimum absolute atomic E-state index is 0.389. The molecule has 0 amide bonds. The summed E-state index contributed by atoms with van der Waals surface area (Å²) in [6.45, 7) is 0. The Morgan fingerprint density at radius 2 is 0.603 bits per heavy atom. The predicted octanol–water partition coefficient (Wildman–Crippen LogP) is 11.6. The molecule has 11 aromatic rings. The van der Waals surface area contributed by atoms with Crippen LogP contribution in [-0.4, -0.2) is 59.8 Å². The average molecular weight is 887 g/mol. The van der Waals surface area contributed by atoms with E-state index in [4.69, 9.17) is 48.9 Å². The van der Waals surface area contributed by atoms with Crippen molar-refractivity contribution >= 4 is 44.1 Å². The van der Waals surface area contributed by atoms with Gasteiger partial charge in [0.1, 0.15) is 45.6 Å². The van der Waals surface area contributed by atoms with E-state index in [0.717, 1.165) is 32.7 Å². The molecule has 0 aliphatic carbocycles. The molecule has 322 valence electrons. The highest BCUT2D eigenvalue weighted by molar-refractivity contribution is 6.07. The number of hydrogen-bond acceptors (Lipinski definition) is 14. The quantitative estimate of drug-likeness (QED) is 0.146. The number of nitrogens with one attached hydrogen (secondary N) is 2. The number of aromatic amines is 2. The average Bonchev–Trinajstić information content (AvgIpc) is 4.10. The second kappa shape index (κ2) is 15.9. The summed E-state index contributed by atoms with van der Waals surface area (Å²) in [5.41, 5.74) is 4.77.